The Kier molecular flexibility index (Phi) is 6.18. The largest absolute Gasteiger partial charge is 0.494 e. The second kappa shape index (κ2) is 9.22. The van der Waals surface area contributed by atoms with Crippen molar-refractivity contribution in [1.29, 1.82) is 5.41 Å². The molecule has 1 aliphatic rings. The number of hydrogen-bond acceptors (Lipinski definition) is 7. The van der Waals surface area contributed by atoms with Crippen molar-refractivity contribution in [3.63, 3.8) is 0 Å². The summed E-state index contributed by atoms with van der Waals surface area (Å²) in [5.74, 6) is 0.462. The van der Waals surface area contributed by atoms with E-state index in [1.54, 1.807) is 29.3 Å². The third-order valence-corrected chi connectivity index (χ3v) is 5.37. The van der Waals surface area contributed by atoms with E-state index in [-0.39, 0.29) is 17.7 Å². The second-order valence-electron chi connectivity index (χ2n) is 8.27. The van der Waals surface area contributed by atoms with Gasteiger partial charge in [0.05, 0.1) is 24.0 Å². The summed E-state index contributed by atoms with van der Waals surface area (Å²) < 4.78 is 12.3. The average molecular weight is 460 g/mol. The Bertz CT molecular complexity index is 1310. The molecule has 2 heterocycles. The first kappa shape index (κ1) is 22.8. The number of aromatic nitrogens is 2. The van der Waals surface area contributed by atoms with Gasteiger partial charge in [0.25, 0.3) is 0 Å². The molecule has 0 bridgehead atoms. The van der Waals surface area contributed by atoms with E-state index in [2.05, 4.69) is 10.4 Å². The molecule has 1 aromatic heterocycles. The van der Waals surface area contributed by atoms with Crippen LogP contribution in [0, 0.1) is 5.41 Å². The fourth-order valence-corrected chi connectivity index (χ4v) is 3.73. The molecular weight excluding hydrogens is 434 g/mol. The van der Waals surface area contributed by atoms with Crippen LogP contribution in [0.1, 0.15) is 19.5 Å². The van der Waals surface area contributed by atoms with E-state index < -0.39 is 11.6 Å². The summed E-state index contributed by atoms with van der Waals surface area (Å²) in [6, 6.07) is 16.0. The van der Waals surface area contributed by atoms with Crippen molar-refractivity contribution in [3.8, 4) is 11.4 Å². The van der Waals surface area contributed by atoms with Gasteiger partial charge >= 0.3 is 6.09 Å². The molecule has 34 heavy (non-hydrogen) atoms. The third-order valence-electron chi connectivity index (χ3n) is 5.37. The number of nitrogens with one attached hydrogen (secondary N) is 2. The number of carbonyl (C=O) groups is 1. The molecule has 0 radical (unpaired) electrons. The molecule has 9 nitrogen and oxygen atoms in total. The maximum Gasteiger partial charge on any atom is 0.414 e. The fraction of sp³-hybridized carbons (Fsp3) is 0.200. The van der Waals surface area contributed by atoms with E-state index in [1.165, 1.54) is 23.9 Å². The van der Waals surface area contributed by atoms with Gasteiger partial charge in [-0.15, -0.1) is 0 Å². The summed E-state index contributed by atoms with van der Waals surface area (Å²) in [5, 5.41) is 15.2. The third kappa shape index (κ3) is 4.40. The van der Waals surface area contributed by atoms with Gasteiger partial charge in [-0.05, 0) is 44.2 Å². The lowest BCUT2D eigenvalue weighted by Crippen LogP contribution is -2.42. The standard InChI is InChI=1S/C25H25N5O4/c1-25(2)16-34-24(32)30(25)18-9-10-20(22(15-18)33-3)29-14-12-21(31)23(28-29)19(11-13-26)27-17-7-5-4-6-8-17/h4-15,26-27H,16H2,1-3H3/b19-11-,26-13?. The van der Waals surface area contributed by atoms with E-state index >= 15 is 0 Å². The molecule has 0 spiro atoms. The maximum absolute atomic E-state index is 12.7. The monoisotopic (exact) mass is 459 g/mol. The van der Waals surface area contributed by atoms with E-state index in [9.17, 15) is 9.59 Å². The van der Waals surface area contributed by atoms with E-state index in [4.69, 9.17) is 14.9 Å². The summed E-state index contributed by atoms with van der Waals surface area (Å²) in [6.45, 7) is 4.13. The molecule has 1 aliphatic heterocycles. The average Bonchev–Trinajstić information content (AvgIpc) is 3.11. The Morgan fingerprint density at radius 2 is 1.94 bits per heavy atom. The highest BCUT2D eigenvalue weighted by Crippen LogP contribution is 2.35. The van der Waals surface area contributed by atoms with Gasteiger partial charge in [0.15, 0.2) is 5.69 Å². The predicted molar refractivity (Wildman–Crippen MR) is 131 cm³/mol. The minimum Gasteiger partial charge on any atom is -0.494 e. The molecule has 1 saturated heterocycles. The van der Waals surface area contributed by atoms with Gasteiger partial charge in [0.1, 0.15) is 18.0 Å². The summed E-state index contributed by atoms with van der Waals surface area (Å²) in [6.07, 6.45) is 3.69. The van der Waals surface area contributed by atoms with Crippen LogP contribution in [0.4, 0.5) is 16.2 Å². The Morgan fingerprint density at radius 1 is 1.18 bits per heavy atom. The highest BCUT2D eigenvalue weighted by atomic mass is 16.6. The van der Waals surface area contributed by atoms with E-state index in [0.29, 0.717) is 22.8 Å². The van der Waals surface area contributed by atoms with Crippen LogP contribution >= 0.6 is 0 Å². The Labute approximate surface area is 196 Å². The van der Waals surface area contributed by atoms with Gasteiger partial charge in [-0.25, -0.2) is 9.48 Å². The zero-order valence-corrected chi connectivity index (χ0v) is 19.1. The summed E-state index contributed by atoms with van der Waals surface area (Å²) >= 11 is 0. The van der Waals surface area contributed by atoms with Crippen LogP contribution in [-0.2, 0) is 4.74 Å². The zero-order valence-electron chi connectivity index (χ0n) is 19.1. The first-order chi connectivity index (χ1) is 16.3. The van der Waals surface area contributed by atoms with Crippen LogP contribution in [0.5, 0.6) is 5.75 Å². The highest BCUT2D eigenvalue weighted by molar-refractivity contribution is 5.92. The molecule has 0 aliphatic carbocycles. The fourth-order valence-electron chi connectivity index (χ4n) is 3.73. The molecule has 2 aromatic carbocycles. The minimum absolute atomic E-state index is 0.144. The van der Waals surface area contributed by atoms with Gasteiger partial charge in [0, 0.05) is 30.2 Å². The smallest absolute Gasteiger partial charge is 0.414 e. The number of para-hydroxylation sites is 1. The molecule has 3 aromatic rings. The summed E-state index contributed by atoms with van der Waals surface area (Å²) in [4.78, 5) is 26.6. The molecule has 0 unspecified atom stereocenters. The van der Waals surface area contributed by atoms with Crippen LogP contribution in [0.3, 0.4) is 0 Å². The lowest BCUT2D eigenvalue weighted by Gasteiger charge is -2.28. The van der Waals surface area contributed by atoms with Gasteiger partial charge in [-0.2, -0.15) is 5.10 Å². The molecular formula is C25H25N5O4. The van der Waals surface area contributed by atoms with Crippen LogP contribution < -0.4 is 20.4 Å². The summed E-state index contributed by atoms with van der Waals surface area (Å²) in [7, 11) is 1.52. The molecule has 9 heteroatoms. The number of benzene rings is 2. The number of cyclic esters (lactones) is 1. The van der Waals surface area contributed by atoms with Crippen molar-refractivity contribution in [2.45, 2.75) is 19.4 Å². The highest BCUT2D eigenvalue weighted by Gasteiger charge is 2.41. The van der Waals surface area contributed by atoms with Gasteiger partial charge in [0.2, 0.25) is 5.43 Å². The topological polar surface area (TPSA) is 110 Å². The summed E-state index contributed by atoms with van der Waals surface area (Å²) in [5.41, 5.74) is 1.69. The van der Waals surface area contributed by atoms with Crippen LogP contribution in [0.2, 0.25) is 0 Å². The number of carbonyl (C=O) groups excluding carboxylic acids is 1. The number of nitrogens with zero attached hydrogens (tertiary/aromatic N) is 3. The molecule has 1 fully saturated rings. The van der Waals surface area contributed by atoms with Crippen molar-refractivity contribution in [2.24, 2.45) is 0 Å². The van der Waals surface area contributed by atoms with Gasteiger partial charge < -0.3 is 20.2 Å². The first-order valence-corrected chi connectivity index (χ1v) is 10.6. The minimum atomic E-state index is -0.498. The molecule has 174 valence electrons. The molecule has 2 N–H and O–H groups in total. The van der Waals surface area contributed by atoms with Crippen molar-refractivity contribution < 1.29 is 14.3 Å². The van der Waals surface area contributed by atoms with Crippen LogP contribution in [-0.4, -0.2) is 41.3 Å². The number of amides is 1. The number of rotatable bonds is 7. The van der Waals surface area contributed by atoms with Gasteiger partial charge in [-0.3, -0.25) is 9.69 Å². The Balaban J connectivity index is 1.75. The first-order valence-electron chi connectivity index (χ1n) is 10.6. The maximum atomic E-state index is 12.7. The number of allylic oxidation sites excluding steroid dienone is 1. The van der Waals surface area contributed by atoms with Gasteiger partial charge in [-0.1, -0.05) is 18.2 Å². The lowest BCUT2D eigenvalue weighted by atomic mass is 10.0. The SMILES string of the molecule is COc1cc(N2C(=O)OCC2(C)C)ccc1-n1ccc(=O)c(/C(=C/C=N)Nc2ccccc2)n1. The molecule has 0 atom stereocenters. The number of anilines is 2. The van der Waals surface area contributed by atoms with Crippen molar-refractivity contribution in [1.82, 2.24) is 9.78 Å². The normalized spacial score (nSPS) is 15.1. The van der Waals surface area contributed by atoms with Crippen molar-refractivity contribution in [2.75, 3.05) is 23.9 Å². The lowest BCUT2D eigenvalue weighted by molar-refractivity contribution is 0.175. The molecule has 1 amide bonds. The van der Waals surface area contributed by atoms with E-state index in [1.807, 2.05) is 44.2 Å². The quantitative estimate of drug-likeness (QED) is 0.515. The van der Waals surface area contributed by atoms with Crippen molar-refractivity contribution >= 4 is 29.4 Å². The molecule has 0 saturated carbocycles. The predicted octanol–water partition coefficient (Wildman–Crippen LogP) is 4.08. The van der Waals surface area contributed by atoms with E-state index in [0.717, 1.165) is 11.9 Å². The number of ether oxygens (including phenoxy) is 2. The molecule has 4 rings (SSSR count). The Morgan fingerprint density at radius 3 is 2.59 bits per heavy atom. The number of hydrogen-bond donors (Lipinski definition) is 2. The van der Waals surface area contributed by atoms with Crippen molar-refractivity contribution in [3.05, 3.63) is 82.8 Å². The number of methoxy groups -OCH3 is 1. The Hall–Kier alpha value is -4.40. The van der Waals surface area contributed by atoms with Crippen LogP contribution in [0.15, 0.2) is 71.7 Å². The zero-order chi connectivity index (χ0) is 24.3. The van der Waals surface area contributed by atoms with Crippen LogP contribution in [0.25, 0.3) is 11.4 Å². The second-order valence-corrected chi connectivity index (χ2v) is 8.27.